The number of likely N-dealkylation sites (tertiary alicyclic amines) is 1. The van der Waals surface area contributed by atoms with Crippen LogP contribution in [0.4, 0.5) is 5.69 Å². The number of likely N-dealkylation sites (N-methyl/N-ethyl adjacent to an activating group) is 1. The van der Waals surface area contributed by atoms with Crippen LogP contribution in [0.25, 0.3) is 0 Å². The zero-order chi connectivity index (χ0) is 20.6. The van der Waals surface area contributed by atoms with Crippen molar-refractivity contribution in [3.05, 3.63) is 39.4 Å². The van der Waals surface area contributed by atoms with Gasteiger partial charge in [0.25, 0.3) is 11.6 Å². The van der Waals surface area contributed by atoms with E-state index in [1.807, 2.05) is 0 Å². The second kappa shape index (κ2) is 8.01. The number of carbonyl (C=O) groups is 1. The van der Waals surface area contributed by atoms with Crippen LogP contribution in [0.3, 0.4) is 0 Å². The Morgan fingerprint density at radius 2 is 1.86 bits per heavy atom. The van der Waals surface area contributed by atoms with Gasteiger partial charge in [-0.15, -0.1) is 0 Å². The van der Waals surface area contributed by atoms with Crippen LogP contribution in [0.2, 0.25) is 0 Å². The summed E-state index contributed by atoms with van der Waals surface area (Å²) in [7, 11) is 2.16. The fraction of sp³-hybridized carbons (Fsp3) is 0.667. The molecule has 0 bridgehead atoms. The van der Waals surface area contributed by atoms with Gasteiger partial charge in [-0.2, -0.15) is 0 Å². The van der Waals surface area contributed by atoms with E-state index in [4.69, 9.17) is 4.74 Å². The summed E-state index contributed by atoms with van der Waals surface area (Å²) < 4.78 is 6.31. The molecule has 1 atom stereocenters. The quantitative estimate of drug-likeness (QED) is 0.566. The van der Waals surface area contributed by atoms with Crippen LogP contribution in [0, 0.1) is 17.0 Å². The Morgan fingerprint density at radius 1 is 1.21 bits per heavy atom. The molecule has 3 heterocycles. The van der Waals surface area contributed by atoms with E-state index in [1.165, 1.54) is 6.07 Å². The third-order valence-corrected chi connectivity index (χ3v) is 6.69. The summed E-state index contributed by atoms with van der Waals surface area (Å²) in [5.74, 6) is -0.128. The molecule has 8 heteroatoms. The number of piperazine rings is 1. The predicted molar refractivity (Wildman–Crippen MR) is 109 cm³/mol. The van der Waals surface area contributed by atoms with Crippen molar-refractivity contribution in [2.45, 2.75) is 37.9 Å². The lowest BCUT2D eigenvalue weighted by molar-refractivity contribution is -0.385. The van der Waals surface area contributed by atoms with Gasteiger partial charge in [-0.1, -0.05) is 6.07 Å². The molecule has 4 rings (SSSR count). The van der Waals surface area contributed by atoms with Gasteiger partial charge >= 0.3 is 0 Å². The van der Waals surface area contributed by atoms with Crippen LogP contribution in [-0.4, -0.2) is 90.1 Å². The van der Waals surface area contributed by atoms with Crippen molar-refractivity contribution in [3.8, 4) is 0 Å². The smallest absolute Gasteiger partial charge is 0.273 e. The van der Waals surface area contributed by atoms with Crippen LogP contribution in [0.5, 0.6) is 0 Å². The van der Waals surface area contributed by atoms with E-state index in [0.717, 1.165) is 52.0 Å². The molecule has 29 heavy (non-hydrogen) atoms. The van der Waals surface area contributed by atoms with E-state index < -0.39 is 4.92 Å². The van der Waals surface area contributed by atoms with E-state index in [9.17, 15) is 14.9 Å². The number of carbonyl (C=O) groups excluding carboxylic acids is 1. The topological polar surface area (TPSA) is 79.2 Å². The molecule has 3 saturated heterocycles. The van der Waals surface area contributed by atoms with Crippen LogP contribution < -0.4 is 0 Å². The maximum absolute atomic E-state index is 12.8. The molecule has 0 aliphatic carbocycles. The number of amides is 1. The number of nitrogens with zero attached hydrogens (tertiary/aromatic N) is 4. The number of hydrogen-bond acceptors (Lipinski definition) is 6. The summed E-state index contributed by atoms with van der Waals surface area (Å²) >= 11 is 0. The highest BCUT2D eigenvalue weighted by Gasteiger charge is 2.48. The summed E-state index contributed by atoms with van der Waals surface area (Å²) in [6.45, 7) is 8.42. The molecule has 0 radical (unpaired) electrons. The average Bonchev–Trinajstić information content (AvgIpc) is 2.68. The molecule has 0 N–H and O–H groups in total. The Hall–Kier alpha value is -2.03. The van der Waals surface area contributed by atoms with E-state index in [1.54, 1.807) is 24.0 Å². The van der Waals surface area contributed by atoms with E-state index >= 15 is 0 Å². The van der Waals surface area contributed by atoms with Crippen molar-refractivity contribution in [2.75, 3.05) is 52.9 Å². The number of nitro groups is 1. The van der Waals surface area contributed by atoms with Gasteiger partial charge < -0.3 is 14.5 Å². The lowest BCUT2D eigenvalue weighted by Gasteiger charge is -2.53. The first kappa shape index (κ1) is 20.3. The minimum Gasteiger partial charge on any atom is -0.370 e. The number of rotatable bonds is 4. The molecule has 0 aromatic heterocycles. The molecule has 3 aliphatic rings. The Bertz CT molecular complexity index is 775. The van der Waals surface area contributed by atoms with Gasteiger partial charge in [0, 0.05) is 69.4 Å². The lowest BCUT2D eigenvalue weighted by atomic mass is 9.80. The number of benzene rings is 1. The van der Waals surface area contributed by atoms with Crippen LogP contribution >= 0.6 is 0 Å². The third-order valence-electron chi connectivity index (χ3n) is 6.69. The fourth-order valence-corrected chi connectivity index (χ4v) is 4.74. The van der Waals surface area contributed by atoms with Crippen molar-refractivity contribution in [2.24, 2.45) is 0 Å². The first-order valence-corrected chi connectivity index (χ1v) is 10.5. The van der Waals surface area contributed by atoms with Gasteiger partial charge in [-0.05, 0) is 32.9 Å². The maximum Gasteiger partial charge on any atom is 0.273 e. The molecule has 1 unspecified atom stereocenters. The van der Waals surface area contributed by atoms with Gasteiger partial charge in [-0.25, -0.2) is 0 Å². The van der Waals surface area contributed by atoms with Crippen molar-refractivity contribution in [1.82, 2.24) is 14.7 Å². The number of nitro benzene ring substituents is 1. The zero-order valence-corrected chi connectivity index (χ0v) is 17.3. The highest BCUT2D eigenvalue weighted by atomic mass is 16.6. The Kier molecular flexibility index (Phi) is 5.59. The van der Waals surface area contributed by atoms with Crippen LogP contribution in [-0.2, 0) is 4.74 Å². The SMILES string of the molecule is Cc1ccc(C(=O)N2CCC3(CC2)CC(CN2CCN(C)CC2)O3)cc1[N+](=O)[O-]. The normalized spacial score (nSPS) is 25.0. The first-order chi connectivity index (χ1) is 13.8. The molecule has 1 amide bonds. The molecule has 3 fully saturated rings. The number of aryl methyl sites for hydroxylation is 1. The van der Waals surface area contributed by atoms with Crippen LogP contribution in [0.1, 0.15) is 35.2 Å². The molecule has 1 spiro atoms. The van der Waals surface area contributed by atoms with Crippen molar-refractivity contribution in [1.29, 1.82) is 0 Å². The average molecular weight is 402 g/mol. The highest BCUT2D eigenvalue weighted by molar-refractivity contribution is 5.95. The largest absolute Gasteiger partial charge is 0.370 e. The van der Waals surface area contributed by atoms with Gasteiger partial charge in [-0.3, -0.25) is 19.8 Å². The molecular weight excluding hydrogens is 372 g/mol. The van der Waals surface area contributed by atoms with Gasteiger partial charge in [0.2, 0.25) is 0 Å². The zero-order valence-electron chi connectivity index (χ0n) is 17.3. The Labute approximate surface area is 171 Å². The summed E-state index contributed by atoms with van der Waals surface area (Å²) in [6, 6.07) is 4.73. The van der Waals surface area contributed by atoms with E-state index in [-0.39, 0.29) is 17.2 Å². The first-order valence-electron chi connectivity index (χ1n) is 10.5. The van der Waals surface area contributed by atoms with Crippen molar-refractivity contribution < 1.29 is 14.5 Å². The standard InChI is InChI=1S/C21H30N4O4/c1-16-3-4-17(13-19(16)25(27)28)20(26)24-7-5-21(6-8-24)14-18(29-21)15-23-11-9-22(2)10-12-23/h3-4,13,18H,5-12,14-15H2,1-2H3. The highest BCUT2D eigenvalue weighted by Crippen LogP contribution is 2.41. The molecule has 3 aliphatic heterocycles. The number of piperidine rings is 1. The molecule has 8 nitrogen and oxygen atoms in total. The lowest BCUT2D eigenvalue weighted by Crippen LogP contribution is -2.60. The maximum atomic E-state index is 12.8. The predicted octanol–water partition coefficient (Wildman–Crippen LogP) is 1.91. The van der Waals surface area contributed by atoms with Crippen LogP contribution in [0.15, 0.2) is 18.2 Å². The second-order valence-electron chi connectivity index (χ2n) is 8.78. The second-order valence-corrected chi connectivity index (χ2v) is 8.78. The Balaban J connectivity index is 1.27. The van der Waals surface area contributed by atoms with Gasteiger partial charge in [0.1, 0.15) is 0 Å². The summed E-state index contributed by atoms with van der Waals surface area (Å²) in [5.41, 5.74) is 0.880. The number of hydrogen-bond donors (Lipinski definition) is 0. The molecule has 1 aromatic carbocycles. The fourth-order valence-electron chi connectivity index (χ4n) is 4.74. The third kappa shape index (κ3) is 4.29. The van der Waals surface area contributed by atoms with Crippen molar-refractivity contribution >= 4 is 11.6 Å². The molecular formula is C21H30N4O4. The minimum atomic E-state index is -0.431. The molecule has 1 aromatic rings. The van der Waals surface area contributed by atoms with E-state index in [0.29, 0.717) is 30.3 Å². The summed E-state index contributed by atoms with van der Waals surface area (Å²) in [4.78, 5) is 30.2. The molecule has 158 valence electrons. The van der Waals surface area contributed by atoms with Gasteiger partial charge in [0.15, 0.2) is 0 Å². The number of ether oxygens (including phenoxy) is 1. The summed E-state index contributed by atoms with van der Waals surface area (Å²) in [5, 5.41) is 11.2. The summed E-state index contributed by atoms with van der Waals surface area (Å²) in [6.07, 6.45) is 3.05. The monoisotopic (exact) mass is 402 g/mol. The molecule has 0 saturated carbocycles. The van der Waals surface area contributed by atoms with Gasteiger partial charge in [0.05, 0.1) is 16.6 Å². The Morgan fingerprint density at radius 3 is 2.48 bits per heavy atom. The van der Waals surface area contributed by atoms with Crippen molar-refractivity contribution in [3.63, 3.8) is 0 Å². The minimum absolute atomic E-state index is 0.00148. The van der Waals surface area contributed by atoms with E-state index in [2.05, 4.69) is 16.8 Å².